The molecule has 0 fully saturated rings. The predicted octanol–water partition coefficient (Wildman–Crippen LogP) is 1.62. The van der Waals surface area contributed by atoms with Gasteiger partial charge in [0.05, 0.1) is 11.2 Å². The molecule has 0 unspecified atom stereocenters. The summed E-state index contributed by atoms with van der Waals surface area (Å²) < 4.78 is 8.80. The molecule has 0 aliphatic carbocycles. The van der Waals surface area contributed by atoms with Gasteiger partial charge < -0.3 is 14.3 Å². The predicted molar refractivity (Wildman–Crippen MR) is 92.3 cm³/mol. The average molecular weight is 340 g/mol. The molecule has 0 spiro atoms. The minimum Gasteiger partial charge on any atom is -0.408 e. The molecule has 1 aliphatic heterocycles. The third-order valence-electron chi connectivity index (χ3n) is 4.61. The fraction of sp³-hybridized carbons (Fsp3) is 0.389. The first-order valence-corrected chi connectivity index (χ1v) is 8.50. The van der Waals surface area contributed by atoms with Crippen molar-refractivity contribution in [2.45, 2.75) is 45.3 Å². The van der Waals surface area contributed by atoms with Crippen LogP contribution in [0.5, 0.6) is 0 Å². The lowest BCUT2D eigenvalue weighted by Crippen LogP contribution is -2.41. The van der Waals surface area contributed by atoms with Gasteiger partial charge in [0.15, 0.2) is 5.58 Å². The van der Waals surface area contributed by atoms with Crippen molar-refractivity contribution in [2.75, 3.05) is 0 Å². The number of carbonyl (C=O) groups excluding carboxylic acids is 1. The standard InChI is InChI=1S/C18H20N4O3/c1-12-10-21-11-13(6-7-16(21)19-12)20-17(23)8-9-22-14-4-2-3-5-15(14)25-18(22)24/h2-5,10,13H,6-9,11H2,1H3,(H,20,23)/t13-/m1/s1. The molecule has 0 bridgehead atoms. The fourth-order valence-corrected chi connectivity index (χ4v) is 3.44. The number of hydrogen-bond donors (Lipinski definition) is 1. The zero-order valence-electron chi connectivity index (χ0n) is 14.1. The molecule has 4 rings (SSSR count). The van der Waals surface area contributed by atoms with Crippen LogP contribution in [0.2, 0.25) is 0 Å². The van der Waals surface area contributed by atoms with Gasteiger partial charge in [-0.25, -0.2) is 9.78 Å². The van der Waals surface area contributed by atoms with Crippen molar-refractivity contribution in [2.24, 2.45) is 0 Å². The minimum atomic E-state index is -0.426. The summed E-state index contributed by atoms with van der Waals surface area (Å²) in [6.07, 6.45) is 4.02. The highest BCUT2D eigenvalue weighted by molar-refractivity contribution is 5.77. The van der Waals surface area contributed by atoms with Gasteiger partial charge in [0.1, 0.15) is 5.82 Å². The molecule has 130 valence electrons. The maximum atomic E-state index is 12.3. The first-order chi connectivity index (χ1) is 12.1. The molecule has 25 heavy (non-hydrogen) atoms. The molecule has 3 aromatic rings. The number of para-hydroxylation sites is 2. The maximum absolute atomic E-state index is 12.3. The molecule has 2 aromatic heterocycles. The zero-order valence-corrected chi connectivity index (χ0v) is 14.1. The number of imidazole rings is 1. The molecule has 1 aromatic carbocycles. The molecule has 0 radical (unpaired) electrons. The highest BCUT2D eigenvalue weighted by atomic mass is 16.4. The number of rotatable bonds is 4. The van der Waals surface area contributed by atoms with Crippen LogP contribution in [0, 0.1) is 6.92 Å². The molecule has 1 amide bonds. The highest BCUT2D eigenvalue weighted by Gasteiger charge is 2.21. The van der Waals surface area contributed by atoms with E-state index in [9.17, 15) is 9.59 Å². The highest BCUT2D eigenvalue weighted by Crippen LogP contribution is 2.15. The van der Waals surface area contributed by atoms with Gasteiger partial charge in [-0.2, -0.15) is 0 Å². The fourth-order valence-electron chi connectivity index (χ4n) is 3.44. The Hall–Kier alpha value is -2.83. The Labute approximate surface area is 144 Å². The monoisotopic (exact) mass is 340 g/mol. The van der Waals surface area contributed by atoms with E-state index in [1.807, 2.05) is 31.3 Å². The van der Waals surface area contributed by atoms with Crippen LogP contribution in [-0.2, 0) is 24.3 Å². The number of benzene rings is 1. The third-order valence-corrected chi connectivity index (χ3v) is 4.61. The lowest BCUT2D eigenvalue weighted by molar-refractivity contribution is -0.122. The van der Waals surface area contributed by atoms with Gasteiger partial charge >= 0.3 is 5.76 Å². The van der Waals surface area contributed by atoms with Crippen LogP contribution < -0.4 is 11.1 Å². The summed E-state index contributed by atoms with van der Waals surface area (Å²) in [5, 5.41) is 3.07. The van der Waals surface area contributed by atoms with E-state index >= 15 is 0 Å². The van der Waals surface area contributed by atoms with Gasteiger partial charge in [0, 0.05) is 38.2 Å². The van der Waals surface area contributed by atoms with E-state index in [1.54, 1.807) is 6.07 Å². The van der Waals surface area contributed by atoms with Crippen LogP contribution in [0.25, 0.3) is 11.1 Å². The summed E-state index contributed by atoms with van der Waals surface area (Å²) in [6.45, 7) is 3.03. The Kier molecular flexibility index (Phi) is 3.91. The molecule has 0 saturated heterocycles. The van der Waals surface area contributed by atoms with Gasteiger partial charge in [-0.3, -0.25) is 9.36 Å². The van der Waals surface area contributed by atoms with Crippen LogP contribution in [-0.4, -0.2) is 26.1 Å². The number of nitrogens with one attached hydrogen (secondary N) is 1. The number of fused-ring (bicyclic) bond motifs is 2. The topological polar surface area (TPSA) is 82.1 Å². The van der Waals surface area contributed by atoms with Crippen molar-refractivity contribution in [3.05, 3.63) is 52.5 Å². The first-order valence-electron chi connectivity index (χ1n) is 8.50. The normalized spacial score (nSPS) is 16.8. The number of oxazole rings is 1. The summed E-state index contributed by atoms with van der Waals surface area (Å²) in [5.41, 5.74) is 2.27. The Bertz CT molecular complexity index is 982. The van der Waals surface area contributed by atoms with E-state index in [1.165, 1.54) is 4.57 Å². The summed E-state index contributed by atoms with van der Waals surface area (Å²) in [7, 11) is 0. The quantitative estimate of drug-likeness (QED) is 0.782. The second-order valence-electron chi connectivity index (χ2n) is 6.49. The largest absolute Gasteiger partial charge is 0.419 e. The van der Waals surface area contributed by atoms with Gasteiger partial charge in [-0.1, -0.05) is 12.1 Å². The number of carbonyl (C=O) groups is 1. The van der Waals surface area contributed by atoms with Crippen molar-refractivity contribution < 1.29 is 9.21 Å². The van der Waals surface area contributed by atoms with Crippen molar-refractivity contribution >= 4 is 17.0 Å². The van der Waals surface area contributed by atoms with E-state index in [-0.39, 0.29) is 18.4 Å². The Balaban J connectivity index is 1.38. The first kappa shape index (κ1) is 15.7. The SMILES string of the molecule is Cc1cn2c(n1)CC[C@@H](NC(=O)CCn1c(=O)oc3ccccc31)C2. The number of nitrogens with zero attached hydrogens (tertiary/aromatic N) is 3. The third kappa shape index (κ3) is 3.09. The molecular formula is C18H20N4O3. The molecule has 3 heterocycles. The van der Waals surface area contributed by atoms with Gasteiger partial charge in [0.2, 0.25) is 5.91 Å². The van der Waals surface area contributed by atoms with Gasteiger partial charge in [0.25, 0.3) is 0 Å². The van der Waals surface area contributed by atoms with Gasteiger partial charge in [-0.05, 0) is 25.5 Å². The summed E-state index contributed by atoms with van der Waals surface area (Å²) in [5.74, 6) is 0.604. The molecule has 0 saturated carbocycles. The summed E-state index contributed by atoms with van der Waals surface area (Å²) in [6, 6.07) is 7.34. The minimum absolute atomic E-state index is 0.0533. The second-order valence-corrected chi connectivity index (χ2v) is 6.49. The number of aromatic nitrogens is 3. The molecule has 1 aliphatic rings. The van der Waals surface area contributed by atoms with Crippen molar-refractivity contribution in [3.63, 3.8) is 0 Å². The van der Waals surface area contributed by atoms with Crippen LogP contribution in [0.3, 0.4) is 0 Å². The smallest absolute Gasteiger partial charge is 0.408 e. The molecule has 7 heteroatoms. The zero-order chi connectivity index (χ0) is 17.4. The second kappa shape index (κ2) is 6.23. The van der Waals surface area contributed by atoms with E-state index in [2.05, 4.69) is 14.9 Å². The lowest BCUT2D eigenvalue weighted by Gasteiger charge is -2.24. The molecule has 7 nitrogen and oxygen atoms in total. The summed E-state index contributed by atoms with van der Waals surface area (Å²) in [4.78, 5) is 28.7. The van der Waals surface area contributed by atoms with Crippen molar-refractivity contribution in [1.29, 1.82) is 0 Å². The van der Waals surface area contributed by atoms with Gasteiger partial charge in [-0.15, -0.1) is 0 Å². The molecule has 1 atom stereocenters. The molecular weight excluding hydrogens is 320 g/mol. The Morgan fingerprint density at radius 2 is 2.24 bits per heavy atom. The Morgan fingerprint density at radius 1 is 1.40 bits per heavy atom. The summed E-state index contributed by atoms with van der Waals surface area (Å²) >= 11 is 0. The number of aryl methyl sites for hydroxylation is 3. The van der Waals surface area contributed by atoms with E-state index in [0.29, 0.717) is 12.1 Å². The van der Waals surface area contributed by atoms with E-state index in [0.717, 1.165) is 36.4 Å². The number of amides is 1. The van der Waals surface area contributed by atoms with Crippen molar-refractivity contribution in [3.8, 4) is 0 Å². The maximum Gasteiger partial charge on any atom is 0.419 e. The van der Waals surface area contributed by atoms with Crippen molar-refractivity contribution in [1.82, 2.24) is 19.4 Å². The Morgan fingerprint density at radius 3 is 3.12 bits per heavy atom. The van der Waals surface area contributed by atoms with Crippen LogP contribution in [0.1, 0.15) is 24.4 Å². The van der Waals surface area contributed by atoms with Crippen LogP contribution in [0.4, 0.5) is 0 Å². The average Bonchev–Trinajstić information content (AvgIpc) is 3.10. The van der Waals surface area contributed by atoms with E-state index in [4.69, 9.17) is 4.42 Å². The lowest BCUT2D eigenvalue weighted by atomic mass is 10.1. The van der Waals surface area contributed by atoms with Crippen LogP contribution in [0.15, 0.2) is 39.7 Å². The van der Waals surface area contributed by atoms with Crippen LogP contribution >= 0.6 is 0 Å². The molecule has 1 N–H and O–H groups in total. The number of hydrogen-bond acceptors (Lipinski definition) is 4. The van der Waals surface area contributed by atoms with E-state index < -0.39 is 5.76 Å².